The van der Waals surface area contributed by atoms with Gasteiger partial charge >= 0.3 is 0 Å². The normalized spacial score (nSPS) is 10.9. The molecule has 0 radical (unpaired) electrons. The molecule has 0 unspecified atom stereocenters. The molecule has 1 aromatic heterocycles. The largest absolute Gasteiger partial charge is 0.360 e. The molecular weight excluding hydrogens is 294 g/mol. The fourth-order valence-electron chi connectivity index (χ4n) is 2.58. The summed E-state index contributed by atoms with van der Waals surface area (Å²) in [5, 5.41) is 11.6. The molecule has 2 rings (SSSR count). The minimum absolute atomic E-state index is 0.000170. The van der Waals surface area contributed by atoms with Crippen molar-refractivity contribution < 1.29 is 9.72 Å². The predicted molar refractivity (Wildman–Crippen MR) is 90.7 cm³/mol. The van der Waals surface area contributed by atoms with Gasteiger partial charge in [0.1, 0.15) is 0 Å². The Balaban J connectivity index is 2.33. The van der Waals surface area contributed by atoms with Gasteiger partial charge in [-0.3, -0.25) is 14.9 Å². The van der Waals surface area contributed by atoms with E-state index in [-0.39, 0.29) is 11.6 Å². The van der Waals surface area contributed by atoms with Crippen LogP contribution in [-0.2, 0) is 0 Å². The molecule has 0 saturated carbocycles. The molecule has 1 aromatic carbocycles. The van der Waals surface area contributed by atoms with Gasteiger partial charge in [0.15, 0.2) is 0 Å². The first-order valence-electron chi connectivity index (χ1n) is 8.13. The van der Waals surface area contributed by atoms with Crippen LogP contribution >= 0.6 is 0 Å². The van der Waals surface area contributed by atoms with Crippen LogP contribution in [0.1, 0.15) is 49.9 Å². The second-order valence-corrected chi connectivity index (χ2v) is 5.69. The van der Waals surface area contributed by atoms with Crippen LogP contribution in [0.25, 0.3) is 10.9 Å². The molecule has 0 aliphatic carbocycles. The van der Waals surface area contributed by atoms with E-state index in [1.165, 1.54) is 12.1 Å². The van der Waals surface area contributed by atoms with Crippen LogP contribution in [0.5, 0.6) is 0 Å². The van der Waals surface area contributed by atoms with Crippen LogP contribution in [0.2, 0.25) is 0 Å². The predicted octanol–water partition coefficient (Wildman–Crippen LogP) is 4.12. The first kappa shape index (κ1) is 17.0. The average Bonchev–Trinajstić information content (AvgIpc) is 2.97. The summed E-state index contributed by atoms with van der Waals surface area (Å²) < 4.78 is 0. The standard InChI is InChI=1S/C17H23N3O3/c1-3-5-9-19(10-6-4-2)17(21)15-12-18-16-8-7-13(20(22)23)11-14(15)16/h7-8,11-12,18H,3-6,9-10H2,1-2H3. The molecule has 124 valence electrons. The molecule has 0 spiro atoms. The summed E-state index contributed by atoms with van der Waals surface area (Å²) in [5.74, 6) is -0.0568. The monoisotopic (exact) mass is 317 g/mol. The van der Waals surface area contributed by atoms with Gasteiger partial charge in [-0.2, -0.15) is 0 Å². The summed E-state index contributed by atoms with van der Waals surface area (Å²) >= 11 is 0. The number of rotatable bonds is 8. The van der Waals surface area contributed by atoms with E-state index in [2.05, 4.69) is 18.8 Å². The molecule has 0 saturated heterocycles. The molecule has 6 nitrogen and oxygen atoms in total. The highest BCUT2D eigenvalue weighted by molar-refractivity contribution is 6.07. The van der Waals surface area contributed by atoms with Gasteiger partial charge in [-0.25, -0.2) is 0 Å². The van der Waals surface area contributed by atoms with Crippen molar-refractivity contribution in [1.82, 2.24) is 9.88 Å². The number of nitrogens with one attached hydrogen (secondary N) is 1. The van der Waals surface area contributed by atoms with E-state index < -0.39 is 4.92 Å². The molecule has 2 aromatic rings. The molecule has 0 bridgehead atoms. The van der Waals surface area contributed by atoms with Crippen molar-refractivity contribution in [3.05, 3.63) is 40.1 Å². The number of nitro groups is 1. The lowest BCUT2D eigenvalue weighted by Gasteiger charge is -2.22. The third kappa shape index (κ3) is 3.88. The number of fused-ring (bicyclic) bond motifs is 1. The summed E-state index contributed by atoms with van der Waals surface area (Å²) in [6.07, 6.45) is 5.61. The fourth-order valence-corrected chi connectivity index (χ4v) is 2.58. The lowest BCUT2D eigenvalue weighted by Crippen LogP contribution is -2.32. The number of aromatic nitrogens is 1. The minimum Gasteiger partial charge on any atom is -0.360 e. The number of nitrogens with zero attached hydrogens (tertiary/aromatic N) is 2. The summed E-state index contributed by atoms with van der Waals surface area (Å²) in [7, 11) is 0. The van der Waals surface area contributed by atoms with Crippen LogP contribution in [0, 0.1) is 10.1 Å². The summed E-state index contributed by atoms with van der Waals surface area (Å²) in [6.45, 7) is 5.63. The molecule has 0 atom stereocenters. The maximum absolute atomic E-state index is 12.8. The SMILES string of the molecule is CCCCN(CCCC)C(=O)c1c[nH]c2ccc([N+](=O)[O-])cc12. The molecule has 0 aliphatic rings. The molecule has 0 aliphatic heterocycles. The van der Waals surface area contributed by atoms with Gasteiger partial charge in [0.2, 0.25) is 0 Å². The number of H-pyrrole nitrogens is 1. The molecule has 6 heteroatoms. The van der Waals surface area contributed by atoms with Gasteiger partial charge in [-0.15, -0.1) is 0 Å². The van der Waals surface area contributed by atoms with E-state index in [1.54, 1.807) is 12.3 Å². The number of carbonyl (C=O) groups excluding carboxylic acids is 1. The molecule has 1 heterocycles. The Morgan fingerprint density at radius 1 is 1.22 bits per heavy atom. The summed E-state index contributed by atoms with van der Waals surface area (Å²) in [4.78, 5) is 28.3. The van der Waals surface area contributed by atoms with Crippen molar-refractivity contribution in [3.8, 4) is 0 Å². The Labute approximate surface area is 135 Å². The van der Waals surface area contributed by atoms with Crippen molar-refractivity contribution in [2.45, 2.75) is 39.5 Å². The van der Waals surface area contributed by atoms with Gasteiger partial charge in [0.25, 0.3) is 11.6 Å². The Hall–Kier alpha value is -2.37. The molecule has 23 heavy (non-hydrogen) atoms. The lowest BCUT2D eigenvalue weighted by atomic mass is 10.1. The summed E-state index contributed by atoms with van der Waals surface area (Å²) in [6, 6.07) is 4.56. The number of hydrogen-bond acceptors (Lipinski definition) is 3. The number of amides is 1. The number of nitro benzene ring substituents is 1. The number of carbonyl (C=O) groups is 1. The second kappa shape index (κ2) is 7.76. The zero-order valence-electron chi connectivity index (χ0n) is 13.7. The summed E-state index contributed by atoms with van der Waals surface area (Å²) in [5.41, 5.74) is 1.25. The van der Waals surface area contributed by atoms with E-state index in [0.717, 1.165) is 44.3 Å². The Morgan fingerprint density at radius 2 is 1.87 bits per heavy atom. The third-order valence-electron chi connectivity index (χ3n) is 3.96. The number of non-ortho nitro benzene ring substituents is 1. The molecule has 1 N–H and O–H groups in total. The zero-order chi connectivity index (χ0) is 16.8. The smallest absolute Gasteiger partial charge is 0.270 e. The van der Waals surface area contributed by atoms with Gasteiger partial charge in [-0.05, 0) is 18.9 Å². The molecule has 1 amide bonds. The maximum atomic E-state index is 12.8. The third-order valence-corrected chi connectivity index (χ3v) is 3.96. The highest BCUT2D eigenvalue weighted by Gasteiger charge is 2.20. The van der Waals surface area contributed by atoms with Crippen molar-refractivity contribution >= 4 is 22.5 Å². The first-order chi connectivity index (χ1) is 11.1. The van der Waals surface area contributed by atoms with Crippen LogP contribution in [-0.4, -0.2) is 33.8 Å². The number of benzene rings is 1. The van der Waals surface area contributed by atoms with Gasteiger partial charge in [0.05, 0.1) is 10.5 Å². The number of unbranched alkanes of at least 4 members (excludes halogenated alkanes) is 2. The lowest BCUT2D eigenvalue weighted by molar-refractivity contribution is -0.384. The van der Waals surface area contributed by atoms with Crippen molar-refractivity contribution in [1.29, 1.82) is 0 Å². The van der Waals surface area contributed by atoms with Crippen molar-refractivity contribution in [3.63, 3.8) is 0 Å². The van der Waals surface area contributed by atoms with Crippen LogP contribution < -0.4 is 0 Å². The van der Waals surface area contributed by atoms with Crippen LogP contribution in [0.3, 0.4) is 0 Å². The van der Waals surface area contributed by atoms with E-state index in [0.29, 0.717) is 10.9 Å². The molecular formula is C17H23N3O3. The van der Waals surface area contributed by atoms with E-state index in [4.69, 9.17) is 0 Å². The Kier molecular flexibility index (Phi) is 5.73. The van der Waals surface area contributed by atoms with E-state index >= 15 is 0 Å². The van der Waals surface area contributed by atoms with Crippen molar-refractivity contribution in [2.75, 3.05) is 13.1 Å². The Morgan fingerprint density at radius 3 is 2.43 bits per heavy atom. The van der Waals surface area contributed by atoms with Crippen LogP contribution in [0.15, 0.2) is 24.4 Å². The number of hydrogen-bond donors (Lipinski definition) is 1. The van der Waals surface area contributed by atoms with Crippen LogP contribution in [0.4, 0.5) is 5.69 Å². The quantitative estimate of drug-likeness (QED) is 0.587. The fraction of sp³-hybridized carbons (Fsp3) is 0.471. The maximum Gasteiger partial charge on any atom is 0.270 e. The van der Waals surface area contributed by atoms with E-state index in [9.17, 15) is 14.9 Å². The molecule has 0 fully saturated rings. The zero-order valence-corrected chi connectivity index (χ0v) is 13.7. The minimum atomic E-state index is -0.438. The number of aromatic amines is 1. The topological polar surface area (TPSA) is 79.2 Å². The highest BCUT2D eigenvalue weighted by atomic mass is 16.6. The van der Waals surface area contributed by atoms with Gasteiger partial charge in [-0.1, -0.05) is 26.7 Å². The van der Waals surface area contributed by atoms with E-state index in [1.807, 2.05) is 4.90 Å². The average molecular weight is 317 g/mol. The first-order valence-corrected chi connectivity index (χ1v) is 8.13. The Bertz CT molecular complexity index is 685. The van der Waals surface area contributed by atoms with Gasteiger partial charge in [0, 0.05) is 42.3 Å². The van der Waals surface area contributed by atoms with Gasteiger partial charge < -0.3 is 9.88 Å². The second-order valence-electron chi connectivity index (χ2n) is 5.69. The highest BCUT2D eigenvalue weighted by Crippen LogP contribution is 2.25. The van der Waals surface area contributed by atoms with Crippen molar-refractivity contribution in [2.24, 2.45) is 0 Å².